The summed E-state index contributed by atoms with van der Waals surface area (Å²) in [5, 5.41) is 10.3. The summed E-state index contributed by atoms with van der Waals surface area (Å²) in [7, 11) is 2.10. The van der Waals surface area contributed by atoms with Crippen molar-refractivity contribution in [1.82, 2.24) is 15.1 Å². The van der Waals surface area contributed by atoms with Gasteiger partial charge in [0.15, 0.2) is 0 Å². The first kappa shape index (κ1) is 16.2. The first-order valence-corrected chi connectivity index (χ1v) is 9.52. The fourth-order valence-electron chi connectivity index (χ4n) is 2.70. The first-order chi connectivity index (χ1) is 9.55. The fraction of sp³-hybridized carbons (Fsp3) is 0.800. The minimum absolute atomic E-state index is 0.531. The molecule has 0 aromatic carbocycles. The minimum Gasteiger partial charge on any atom is -0.315 e. The van der Waals surface area contributed by atoms with E-state index in [1.165, 1.54) is 11.4 Å². The van der Waals surface area contributed by atoms with Crippen LogP contribution in [0.15, 0.2) is 6.07 Å². The maximum Gasteiger partial charge on any atom is 0.0596 e. The lowest BCUT2D eigenvalue weighted by Crippen LogP contribution is -2.43. The molecule has 1 aliphatic heterocycles. The predicted octanol–water partition coefficient (Wildman–Crippen LogP) is 2.97. The van der Waals surface area contributed by atoms with Gasteiger partial charge in [-0.2, -0.15) is 28.6 Å². The van der Waals surface area contributed by atoms with E-state index in [-0.39, 0.29) is 0 Å². The lowest BCUT2D eigenvalue weighted by Gasteiger charge is -2.35. The fourth-order valence-corrected chi connectivity index (χ4v) is 5.87. The second-order valence-corrected chi connectivity index (χ2v) is 8.64. The second-order valence-electron chi connectivity index (χ2n) is 5.61. The number of rotatable bonds is 5. The molecule has 1 aliphatic rings. The van der Waals surface area contributed by atoms with Gasteiger partial charge in [0, 0.05) is 46.2 Å². The molecule has 4 unspecified atom stereocenters. The van der Waals surface area contributed by atoms with E-state index < -0.39 is 0 Å². The van der Waals surface area contributed by atoms with Gasteiger partial charge >= 0.3 is 0 Å². The van der Waals surface area contributed by atoms with Crippen LogP contribution >= 0.6 is 23.5 Å². The van der Waals surface area contributed by atoms with E-state index in [2.05, 4.69) is 79.4 Å². The Kier molecular flexibility index (Phi) is 5.87. The third-order valence-corrected chi connectivity index (χ3v) is 7.66. The summed E-state index contributed by atoms with van der Waals surface area (Å²) >= 11 is 4.27. The molecule has 2 heterocycles. The van der Waals surface area contributed by atoms with Crippen molar-refractivity contribution >= 4 is 23.5 Å². The Hall–Kier alpha value is -0.130. The Morgan fingerprint density at radius 3 is 2.80 bits per heavy atom. The minimum atomic E-state index is 0.531. The highest BCUT2D eigenvalue weighted by Gasteiger charge is 2.31. The van der Waals surface area contributed by atoms with Crippen LogP contribution in [-0.2, 0) is 13.0 Å². The van der Waals surface area contributed by atoms with Gasteiger partial charge in [-0.05, 0) is 27.0 Å². The molecular formula is C15H27N3S2. The van der Waals surface area contributed by atoms with E-state index in [0.717, 1.165) is 29.2 Å². The van der Waals surface area contributed by atoms with Crippen molar-refractivity contribution in [3.63, 3.8) is 0 Å². The number of nitrogens with one attached hydrogen (secondary N) is 1. The SMILES string of the molecule is CCn1nc(C)cc1CC(NC)C1CSC(C)C(C)S1. The molecule has 4 atom stereocenters. The maximum atomic E-state index is 4.57. The van der Waals surface area contributed by atoms with Crippen molar-refractivity contribution in [3.8, 4) is 0 Å². The maximum absolute atomic E-state index is 4.57. The lowest BCUT2D eigenvalue weighted by molar-refractivity contribution is 0.519. The molecule has 20 heavy (non-hydrogen) atoms. The number of nitrogens with zero attached hydrogens (tertiary/aromatic N) is 2. The monoisotopic (exact) mass is 313 g/mol. The lowest BCUT2D eigenvalue weighted by atomic mass is 10.1. The van der Waals surface area contributed by atoms with E-state index in [1.807, 2.05) is 0 Å². The number of hydrogen-bond acceptors (Lipinski definition) is 4. The van der Waals surface area contributed by atoms with Crippen molar-refractivity contribution in [2.75, 3.05) is 12.8 Å². The zero-order chi connectivity index (χ0) is 14.7. The zero-order valence-electron chi connectivity index (χ0n) is 13.2. The van der Waals surface area contributed by atoms with Crippen molar-refractivity contribution in [3.05, 3.63) is 17.5 Å². The molecule has 0 bridgehead atoms. The largest absolute Gasteiger partial charge is 0.315 e. The number of hydrogen-bond donors (Lipinski definition) is 1. The topological polar surface area (TPSA) is 29.9 Å². The quantitative estimate of drug-likeness (QED) is 0.905. The predicted molar refractivity (Wildman–Crippen MR) is 92.0 cm³/mol. The van der Waals surface area contributed by atoms with Crippen LogP contribution in [0.5, 0.6) is 0 Å². The molecule has 1 aromatic heterocycles. The Morgan fingerprint density at radius 1 is 1.45 bits per heavy atom. The van der Waals surface area contributed by atoms with E-state index in [1.54, 1.807) is 0 Å². The third kappa shape index (κ3) is 3.74. The normalized spacial score (nSPS) is 28.6. The van der Waals surface area contributed by atoms with Crippen LogP contribution < -0.4 is 5.32 Å². The molecule has 0 aliphatic carbocycles. The van der Waals surface area contributed by atoms with Crippen LogP contribution in [0, 0.1) is 6.92 Å². The Bertz CT molecular complexity index is 433. The zero-order valence-corrected chi connectivity index (χ0v) is 14.9. The molecule has 1 aromatic rings. The van der Waals surface area contributed by atoms with Crippen molar-refractivity contribution < 1.29 is 0 Å². The molecule has 5 heteroatoms. The highest BCUT2D eigenvalue weighted by molar-refractivity contribution is 8.07. The van der Waals surface area contributed by atoms with E-state index in [9.17, 15) is 0 Å². The van der Waals surface area contributed by atoms with Crippen LogP contribution in [0.25, 0.3) is 0 Å². The van der Waals surface area contributed by atoms with E-state index >= 15 is 0 Å². The van der Waals surface area contributed by atoms with Crippen LogP contribution in [0.4, 0.5) is 0 Å². The summed E-state index contributed by atoms with van der Waals surface area (Å²) in [4.78, 5) is 0. The molecule has 0 spiro atoms. The van der Waals surface area contributed by atoms with Crippen LogP contribution in [0.1, 0.15) is 32.2 Å². The smallest absolute Gasteiger partial charge is 0.0596 e. The molecule has 1 fully saturated rings. The molecule has 0 amide bonds. The highest BCUT2D eigenvalue weighted by atomic mass is 32.2. The summed E-state index contributed by atoms with van der Waals surface area (Å²) in [5.74, 6) is 1.25. The third-order valence-electron chi connectivity index (χ3n) is 4.11. The number of aromatic nitrogens is 2. The standard InChI is InChI=1S/C15H27N3S2/c1-6-18-13(7-10(2)17-18)8-14(16-5)15-9-19-11(3)12(4)20-15/h7,11-12,14-16H,6,8-9H2,1-5H3. The van der Waals surface area contributed by atoms with Gasteiger partial charge in [-0.3, -0.25) is 4.68 Å². The number of thioether (sulfide) groups is 2. The van der Waals surface area contributed by atoms with Gasteiger partial charge in [-0.15, -0.1) is 0 Å². The summed E-state index contributed by atoms with van der Waals surface area (Å²) in [6.45, 7) is 9.92. The molecular weight excluding hydrogens is 286 g/mol. The van der Waals surface area contributed by atoms with E-state index in [4.69, 9.17) is 0 Å². The Labute approximate surface area is 131 Å². The molecule has 1 N–H and O–H groups in total. The van der Waals surface area contributed by atoms with Gasteiger partial charge in [0.25, 0.3) is 0 Å². The Morgan fingerprint density at radius 2 is 2.20 bits per heavy atom. The first-order valence-electron chi connectivity index (χ1n) is 7.52. The van der Waals surface area contributed by atoms with Gasteiger partial charge < -0.3 is 5.32 Å². The van der Waals surface area contributed by atoms with Gasteiger partial charge in [-0.25, -0.2) is 0 Å². The molecule has 114 valence electrons. The average molecular weight is 314 g/mol. The van der Waals surface area contributed by atoms with Gasteiger partial charge in [0.05, 0.1) is 5.69 Å². The van der Waals surface area contributed by atoms with E-state index in [0.29, 0.717) is 11.3 Å². The van der Waals surface area contributed by atoms with Crippen molar-refractivity contribution in [1.29, 1.82) is 0 Å². The second kappa shape index (κ2) is 7.23. The number of likely N-dealkylation sites (N-methyl/N-ethyl adjacent to an activating group) is 1. The number of aryl methyl sites for hydroxylation is 2. The summed E-state index contributed by atoms with van der Waals surface area (Å²) < 4.78 is 2.15. The van der Waals surface area contributed by atoms with Gasteiger partial charge in [0.2, 0.25) is 0 Å². The van der Waals surface area contributed by atoms with Crippen LogP contribution in [-0.4, -0.2) is 44.4 Å². The van der Waals surface area contributed by atoms with Gasteiger partial charge in [-0.1, -0.05) is 13.8 Å². The summed E-state index contributed by atoms with van der Waals surface area (Å²) in [5.41, 5.74) is 2.49. The molecule has 0 radical (unpaired) electrons. The molecule has 3 nitrogen and oxygen atoms in total. The summed E-state index contributed by atoms with van der Waals surface area (Å²) in [6, 6.07) is 2.77. The molecule has 2 rings (SSSR count). The van der Waals surface area contributed by atoms with Crippen molar-refractivity contribution in [2.45, 2.75) is 62.5 Å². The molecule has 0 saturated carbocycles. The van der Waals surface area contributed by atoms with Crippen LogP contribution in [0.2, 0.25) is 0 Å². The molecule has 1 saturated heterocycles. The average Bonchev–Trinajstić information content (AvgIpc) is 2.79. The highest BCUT2D eigenvalue weighted by Crippen LogP contribution is 2.37. The van der Waals surface area contributed by atoms with Crippen molar-refractivity contribution in [2.24, 2.45) is 0 Å². The Balaban J connectivity index is 2.05. The van der Waals surface area contributed by atoms with Gasteiger partial charge in [0.1, 0.15) is 0 Å². The van der Waals surface area contributed by atoms with Crippen LogP contribution in [0.3, 0.4) is 0 Å². The summed E-state index contributed by atoms with van der Waals surface area (Å²) in [6.07, 6.45) is 1.07.